The molecule has 4 saturated carbocycles. The van der Waals surface area contributed by atoms with Gasteiger partial charge in [-0.1, -0.05) is 24.9 Å². The third-order valence-corrected chi connectivity index (χ3v) is 10.2. The second-order valence-corrected chi connectivity index (χ2v) is 13.1. The molecule has 4 unspecified atom stereocenters. The zero-order valence-corrected chi connectivity index (χ0v) is 22.9. The van der Waals surface area contributed by atoms with Crippen LogP contribution in [0, 0.1) is 34.4 Å². The van der Waals surface area contributed by atoms with Crippen LogP contribution in [-0.4, -0.2) is 41.6 Å². The molecule has 0 heterocycles. The Morgan fingerprint density at radius 3 is 2.39 bits per heavy atom. The van der Waals surface area contributed by atoms with Gasteiger partial charge in [0.1, 0.15) is 0 Å². The van der Waals surface area contributed by atoms with Gasteiger partial charge in [0, 0.05) is 12.6 Å². The second kappa shape index (κ2) is 10.3. The van der Waals surface area contributed by atoms with Gasteiger partial charge in [-0.2, -0.15) is 0 Å². The lowest BCUT2D eigenvalue weighted by atomic mass is 9.70. The SMILES string of the molecule is CC1(CNC(=O)C2C3CCC(C3)C2NC(=O)c2cc(OC3CCC(C)(C(=O)O)CC3)c(F)cc2Cl)CCC1. The summed E-state index contributed by atoms with van der Waals surface area (Å²) < 4.78 is 20.6. The maximum atomic E-state index is 14.8. The van der Waals surface area contributed by atoms with Crippen LogP contribution in [0.5, 0.6) is 5.75 Å². The molecule has 0 saturated heterocycles. The molecule has 208 valence electrons. The van der Waals surface area contributed by atoms with Crippen molar-refractivity contribution in [1.29, 1.82) is 0 Å². The lowest BCUT2D eigenvalue weighted by Gasteiger charge is -2.39. The lowest BCUT2D eigenvalue weighted by Crippen LogP contribution is -2.51. The van der Waals surface area contributed by atoms with E-state index in [1.54, 1.807) is 6.92 Å². The van der Waals surface area contributed by atoms with Crippen LogP contribution in [0.1, 0.15) is 88.4 Å². The standard InChI is InChI=1S/C29H38ClFN2O5/c1-28(8-3-9-28)15-32-26(35)23-16-4-5-17(12-16)24(23)33-25(34)19-13-22(21(31)14-20(19)30)38-18-6-10-29(2,11-7-18)27(36)37/h13-14,16-18,23-24H,3-12,15H2,1-2H3,(H,32,35)(H,33,34)(H,36,37). The fraction of sp³-hybridized carbons (Fsp3) is 0.690. The maximum absolute atomic E-state index is 14.8. The number of hydrogen-bond acceptors (Lipinski definition) is 4. The Hall–Kier alpha value is -2.35. The van der Waals surface area contributed by atoms with E-state index in [0.29, 0.717) is 32.2 Å². The van der Waals surface area contributed by atoms with E-state index in [2.05, 4.69) is 17.6 Å². The van der Waals surface area contributed by atoms with Gasteiger partial charge in [0.2, 0.25) is 5.91 Å². The van der Waals surface area contributed by atoms with Crippen LogP contribution >= 0.6 is 11.6 Å². The van der Waals surface area contributed by atoms with Gasteiger partial charge in [0.05, 0.1) is 28.0 Å². The molecule has 0 aromatic heterocycles. The van der Waals surface area contributed by atoms with E-state index in [1.165, 1.54) is 12.5 Å². The van der Waals surface area contributed by atoms with Crippen molar-refractivity contribution in [1.82, 2.24) is 10.6 Å². The average Bonchev–Trinajstić information content (AvgIpc) is 3.46. The summed E-state index contributed by atoms with van der Waals surface area (Å²) in [6.45, 7) is 4.58. The topological polar surface area (TPSA) is 105 Å². The molecule has 4 atom stereocenters. The summed E-state index contributed by atoms with van der Waals surface area (Å²) in [5.74, 6) is -1.79. The molecule has 4 fully saturated rings. The smallest absolute Gasteiger partial charge is 0.309 e. The van der Waals surface area contributed by atoms with Gasteiger partial charge in [-0.05, 0) is 94.1 Å². The Bertz CT molecular complexity index is 1110. The van der Waals surface area contributed by atoms with Crippen molar-refractivity contribution in [3.63, 3.8) is 0 Å². The predicted molar refractivity (Wildman–Crippen MR) is 141 cm³/mol. The zero-order valence-electron chi connectivity index (χ0n) is 22.2. The molecular formula is C29H38ClFN2O5. The van der Waals surface area contributed by atoms with Crippen LogP contribution in [0.2, 0.25) is 5.02 Å². The van der Waals surface area contributed by atoms with Gasteiger partial charge in [0.25, 0.3) is 5.91 Å². The Kier molecular flexibility index (Phi) is 7.40. The molecular weight excluding hydrogens is 511 g/mol. The van der Waals surface area contributed by atoms with E-state index in [9.17, 15) is 23.9 Å². The average molecular weight is 549 g/mol. The number of halogens is 2. The second-order valence-electron chi connectivity index (χ2n) is 12.7. The summed E-state index contributed by atoms with van der Waals surface area (Å²) in [4.78, 5) is 38.1. The zero-order chi connectivity index (χ0) is 27.2. The molecule has 7 nitrogen and oxygen atoms in total. The van der Waals surface area contributed by atoms with E-state index in [-0.39, 0.29) is 57.6 Å². The minimum Gasteiger partial charge on any atom is -0.487 e. The Balaban J connectivity index is 1.26. The fourth-order valence-electron chi connectivity index (χ4n) is 7.01. The van der Waals surface area contributed by atoms with Crippen molar-refractivity contribution in [2.45, 2.75) is 90.2 Å². The first-order valence-corrected chi connectivity index (χ1v) is 14.3. The van der Waals surface area contributed by atoms with E-state index in [4.69, 9.17) is 16.3 Å². The summed E-state index contributed by atoms with van der Waals surface area (Å²) in [7, 11) is 0. The minimum atomic E-state index is -0.836. The summed E-state index contributed by atoms with van der Waals surface area (Å²) in [6.07, 6.45) is 7.81. The largest absolute Gasteiger partial charge is 0.487 e. The van der Waals surface area contributed by atoms with Gasteiger partial charge < -0.3 is 20.5 Å². The highest BCUT2D eigenvalue weighted by molar-refractivity contribution is 6.34. The molecule has 4 aliphatic rings. The van der Waals surface area contributed by atoms with Gasteiger partial charge in [0.15, 0.2) is 11.6 Å². The summed E-state index contributed by atoms with van der Waals surface area (Å²) >= 11 is 6.30. The number of aliphatic carboxylic acids is 1. The number of fused-ring (bicyclic) bond motifs is 2. The lowest BCUT2D eigenvalue weighted by molar-refractivity contribution is -0.150. The molecule has 2 amide bonds. The Labute approximate surface area is 228 Å². The normalized spacial score (nSPS) is 33.3. The van der Waals surface area contributed by atoms with Crippen molar-refractivity contribution in [2.24, 2.45) is 28.6 Å². The number of nitrogens with one attached hydrogen (secondary N) is 2. The van der Waals surface area contributed by atoms with Gasteiger partial charge >= 0.3 is 5.97 Å². The maximum Gasteiger partial charge on any atom is 0.309 e. The highest BCUT2D eigenvalue weighted by Crippen LogP contribution is 2.49. The third-order valence-electron chi connectivity index (χ3n) is 9.88. The van der Waals surface area contributed by atoms with Gasteiger partial charge in [-0.3, -0.25) is 14.4 Å². The van der Waals surface area contributed by atoms with Crippen LogP contribution in [0.25, 0.3) is 0 Å². The first-order valence-electron chi connectivity index (χ1n) is 14.0. The first kappa shape index (κ1) is 27.2. The van der Waals surface area contributed by atoms with Crippen LogP contribution in [-0.2, 0) is 9.59 Å². The van der Waals surface area contributed by atoms with Crippen molar-refractivity contribution in [3.05, 3.63) is 28.5 Å². The van der Waals surface area contributed by atoms with E-state index < -0.39 is 23.1 Å². The van der Waals surface area contributed by atoms with E-state index in [1.807, 2.05) is 0 Å². The summed E-state index contributed by atoms with van der Waals surface area (Å²) in [5, 5.41) is 15.7. The number of amides is 2. The van der Waals surface area contributed by atoms with Crippen molar-refractivity contribution in [2.75, 3.05) is 6.54 Å². The molecule has 1 aromatic carbocycles. The number of rotatable bonds is 8. The Morgan fingerprint density at radius 1 is 1.08 bits per heavy atom. The molecule has 0 aliphatic heterocycles. The molecule has 3 N–H and O–H groups in total. The van der Waals surface area contributed by atoms with Gasteiger partial charge in [-0.25, -0.2) is 4.39 Å². The van der Waals surface area contributed by atoms with Crippen molar-refractivity contribution >= 4 is 29.4 Å². The van der Waals surface area contributed by atoms with Crippen LogP contribution in [0.3, 0.4) is 0 Å². The van der Waals surface area contributed by atoms with Crippen molar-refractivity contribution < 1.29 is 28.6 Å². The van der Waals surface area contributed by atoms with E-state index >= 15 is 0 Å². The number of carboxylic acids is 1. The number of hydrogen-bond donors (Lipinski definition) is 3. The number of ether oxygens (including phenoxy) is 1. The summed E-state index contributed by atoms with van der Waals surface area (Å²) in [5.41, 5.74) is -0.518. The number of carbonyl (C=O) groups excluding carboxylic acids is 2. The molecule has 5 rings (SSSR count). The molecule has 0 radical (unpaired) electrons. The first-order chi connectivity index (χ1) is 18.0. The number of carboxylic acid groups (broad SMARTS) is 1. The number of carbonyl (C=O) groups is 3. The Morgan fingerprint density at radius 2 is 1.76 bits per heavy atom. The molecule has 38 heavy (non-hydrogen) atoms. The number of benzene rings is 1. The molecule has 9 heteroatoms. The van der Waals surface area contributed by atoms with Crippen molar-refractivity contribution in [3.8, 4) is 5.75 Å². The quantitative estimate of drug-likeness (QED) is 0.406. The van der Waals surface area contributed by atoms with Crippen LogP contribution in [0.15, 0.2) is 12.1 Å². The highest BCUT2D eigenvalue weighted by Gasteiger charge is 2.51. The molecule has 4 aliphatic carbocycles. The van der Waals surface area contributed by atoms with Gasteiger partial charge in [-0.15, -0.1) is 0 Å². The van der Waals surface area contributed by atoms with E-state index in [0.717, 1.165) is 38.2 Å². The monoisotopic (exact) mass is 548 g/mol. The summed E-state index contributed by atoms with van der Waals surface area (Å²) in [6, 6.07) is 2.13. The minimum absolute atomic E-state index is 0.00973. The highest BCUT2D eigenvalue weighted by atomic mass is 35.5. The van der Waals surface area contributed by atoms with Crippen LogP contribution in [0.4, 0.5) is 4.39 Å². The molecule has 0 spiro atoms. The predicted octanol–water partition coefficient (Wildman–Crippen LogP) is 5.34. The van der Waals surface area contributed by atoms with Crippen LogP contribution < -0.4 is 15.4 Å². The third kappa shape index (κ3) is 5.25. The molecule has 2 bridgehead atoms. The molecule has 1 aromatic rings. The fourth-order valence-corrected chi connectivity index (χ4v) is 7.25.